The van der Waals surface area contributed by atoms with E-state index in [4.69, 9.17) is 4.74 Å². The molecule has 0 saturated carbocycles. The van der Waals surface area contributed by atoms with Crippen LogP contribution in [0.4, 0.5) is 18.0 Å². The van der Waals surface area contributed by atoms with Gasteiger partial charge in [-0.2, -0.15) is 0 Å². The predicted molar refractivity (Wildman–Crippen MR) is 73.5 cm³/mol. The summed E-state index contributed by atoms with van der Waals surface area (Å²) < 4.78 is 43.6. The van der Waals surface area contributed by atoms with E-state index in [2.05, 4.69) is 5.32 Å². The Morgan fingerprint density at radius 2 is 1.95 bits per heavy atom. The van der Waals surface area contributed by atoms with Crippen LogP contribution in [0.1, 0.15) is 26.3 Å². The lowest BCUT2D eigenvalue weighted by molar-refractivity contribution is 0.0532. The van der Waals surface area contributed by atoms with Crippen molar-refractivity contribution >= 4 is 6.09 Å². The fourth-order valence-corrected chi connectivity index (χ4v) is 1.55. The number of halogens is 3. The number of hydrogen-bond donors (Lipinski definition) is 1. The first kappa shape index (κ1) is 17.1. The molecule has 6 heteroatoms. The summed E-state index contributed by atoms with van der Waals surface area (Å²) >= 11 is 0. The van der Waals surface area contributed by atoms with Crippen molar-refractivity contribution in [2.24, 2.45) is 0 Å². The van der Waals surface area contributed by atoms with Gasteiger partial charge in [0, 0.05) is 6.54 Å². The molecule has 0 spiro atoms. The van der Waals surface area contributed by atoms with Gasteiger partial charge in [-0.05, 0) is 50.5 Å². The summed E-state index contributed by atoms with van der Waals surface area (Å²) in [4.78, 5) is 11.4. The Kier molecular flexibility index (Phi) is 5.81. The third-order valence-corrected chi connectivity index (χ3v) is 2.43. The van der Waals surface area contributed by atoms with Crippen LogP contribution in [-0.4, -0.2) is 18.2 Å². The molecule has 116 valence electrons. The van der Waals surface area contributed by atoms with Crippen LogP contribution in [0.25, 0.3) is 0 Å². The quantitative estimate of drug-likeness (QED) is 0.916. The molecule has 0 aliphatic heterocycles. The summed E-state index contributed by atoms with van der Waals surface area (Å²) in [6.07, 6.45) is -0.283. The Morgan fingerprint density at radius 3 is 2.48 bits per heavy atom. The van der Waals surface area contributed by atoms with E-state index < -0.39 is 23.3 Å². The van der Waals surface area contributed by atoms with Crippen molar-refractivity contribution in [3.8, 4) is 0 Å². The number of hydrogen-bond acceptors (Lipinski definition) is 2. The summed E-state index contributed by atoms with van der Waals surface area (Å²) in [5, 5.41) is 2.40. The van der Waals surface area contributed by atoms with Crippen LogP contribution in [0.3, 0.4) is 0 Å². The van der Waals surface area contributed by atoms with Gasteiger partial charge in [0.1, 0.15) is 5.60 Å². The van der Waals surface area contributed by atoms with Gasteiger partial charge in [-0.3, -0.25) is 0 Å². The molecule has 1 N–H and O–H groups in total. The maximum atomic E-state index is 13.1. The molecule has 1 aromatic carbocycles. The van der Waals surface area contributed by atoms with Crippen LogP contribution in [0.15, 0.2) is 30.1 Å². The van der Waals surface area contributed by atoms with Gasteiger partial charge in [0.05, 0.1) is 6.33 Å². The van der Waals surface area contributed by atoms with E-state index in [0.717, 1.165) is 12.1 Å². The van der Waals surface area contributed by atoms with Crippen LogP contribution < -0.4 is 5.32 Å². The molecule has 0 aliphatic carbocycles. The first-order chi connectivity index (χ1) is 9.71. The minimum Gasteiger partial charge on any atom is -0.444 e. The maximum absolute atomic E-state index is 13.1. The molecular formula is C15H18F3NO2. The van der Waals surface area contributed by atoms with E-state index >= 15 is 0 Å². The van der Waals surface area contributed by atoms with Crippen molar-refractivity contribution in [1.29, 1.82) is 0 Å². The van der Waals surface area contributed by atoms with E-state index in [-0.39, 0.29) is 18.5 Å². The van der Waals surface area contributed by atoms with Crippen LogP contribution in [0, 0.1) is 11.6 Å². The summed E-state index contributed by atoms with van der Waals surface area (Å²) in [6.45, 7) is 5.05. The van der Waals surface area contributed by atoms with E-state index in [9.17, 15) is 18.0 Å². The monoisotopic (exact) mass is 301 g/mol. The van der Waals surface area contributed by atoms with Gasteiger partial charge in [-0.15, -0.1) is 0 Å². The molecule has 0 saturated heterocycles. The van der Waals surface area contributed by atoms with Gasteiger partial charge in [0.25, 0.3) is 0 Å². The van der Waals surface area contributed by atoms with Crippen molar-refractivity contribution in [3.63, 3.8) is 0 Å². The Morgan fingerprint density at radius 1 is 1.29 bits per heavy atom. The van der Waals surface area contributed by atoms with Gasteiger partial charge in [0.2, 0.25) is 0 Å². The van der Waals surface area contributed by atoms with Gasteiger partial charge in [-0.1, -0.05) is 6.07 Å². The molecule has 0 aromatic heterocycles. The van der Waals surface area contributed by atoms with Crippen LogP contribution in [0.5, 0.6) is 0 Å². The van der Waals surface area contributed by atoms with E-state index in [0.29, 0.717) is 11.9 Å². The molecule has 0 atom stereocenters. The zero-order chi connectivity index (χ0) is 16.0. The van der Waals surface area contributed by atoms with Crippen molar-refractivity contribution < 1.29 is 22.7 Å². The average molecular weight is 301 g/mol. The highest BCUT2D eigenvalue weighted by molar-refractivity contribution is 5.68. The smallest absolute Gasteiger partial charge is 0.407 e. The van der Waals surface area contributed by atoms with Crippen LogP contribution >= 0.6 is 0 Å². The second-order valence-corrected chi connectivity index (χ2v) is 5.55. The lowest BCUT2D eigenvalue weighted by Crippen LogP contribution is -2.33. The molecule has 1 aromatic rings. The minimum atomic E-state index is -0.995. The molecule has 1 amide bonds. The Hall–Kier alpha value is -1.98. The summed E-state index contributed by atoms with van der Waals surface area (Å²) in [5.74, 6) is -1.96. The summed E-state index contributed by atoms with van der Waals surface area (Å²) in [6, 6.07) is 3.32. The molecule has 0 bridgehead atoms. The molecule has 1 rings (SSSR count). The first-order valence-corrected chi connectivity index (χ1v) is 6.40. The second kappa shape index (κ2) is 7.15. The van der Waals surface area contributed by atoms with Crippen LogP contribution in [-0.2, 0) is 11.2 Å². The minimum absolute atomic E-state index is 0.0590. The van der Waals surface area contributed by atoms with Crippen molar-refractivity contribution in [2.75, 3.05) is 6.54 Å². The van der Waals surface area contributed by atoms with Crippen molar-refractivity contribution in [1.82, 2.24) is 5.32 Å². The van der Waals surface area contributed by atoms with Gasteiger partial charge in [-0.25, -0.2) is 18.0 Å². The normalized spacial score (nSPS) is 12.2. The number of ether oxygens (including phenoxy) is 1. The molecule has 3 nitrogen and oxygen atoms in total. The molecule has 0 unspecified atom stereocenters. The lowest BCUT2D eigenvalue weighted by atomic mass is 10.1. The number of benzene rings is 1. The molecule has 0 aliphatic rings. The molecule has 21 heavy (non-hydrogen) atoms. The van der Waals surface area contributed by atoms with Gasteiger partial charge < -0.3 is 10.1 Å². The fraction of sp³-hybridized carbons (Fsp3) is 0.400. The van der Waals surface area contributed by atoms with Crippen molar-refractivity contribution in [2.45, 2.75) is 32.8 Å². The second-order valence-electron chi connectivity index (χ2n) is 5.55. The lowest BCUT2D eigenvalue weighted by Gasteiger charge is -2.20. The number of nitrogens with one attached hydrogen (secondary N) is 1. The number of carbonyl (C=O) groups is 1. The molecule has 0 radical (unpaired) electrons. The Balaban J connectivity index is 2.56. The third-order valence-electron chi connectivity index (χ3n) is 2.43. The van der Waals surface area contributed by atoms with Gasteiger partial charge in [0.15, 0.2) is 11.6 Å². The third kappa shape index (κ3) is 6.33. The molecule has 0 heterocycles. The number of rotatable bonds is 4. The summed E-state index contributed by atoms with van der Waals surface area (Å²) in [7, 11) is 0. The van der Waals surface area contributed by atoms with E-state index in [1.807, 2.05) is 0 Å². The largest absolute Gasteiger partial charge is 0.444 e. The topological polar surface area (TPSA) is 38.3 Å². The Labute approximate surface area is 121 Å². The Bertz CT molecular complexity index is 536. The van der Waals surface area contributed by atoms with Crippen molar-refractivity contribution in [3.05, 3.63) is 47.3 Å². The highest BCUT2D eigenvalue weighted by atomic mass is 19.2. The van der Waals surface area contributed by atoms with Crippen LogP contribution in [0.2, 0.25) is 0 Å². The molecular weight excluding hydrogens is 283 g/mol. The highest BCUT2D eigenvalue weighted by Gasteiger charge is 2.16. The van der Waals surface area contributed by atoms with E-state index in [1.54, 1.807) is 20.8 Å². The molecule has 0 fully saturated rings. The maximum Gasteiger partial charge on any atom is 0.407 e. The van der Waals surface area contributed by atoms with E-state index in [1.165, 1.54) is 6.07 Å². The zero-order valence-electron chi connectivity index (χ0n) is 12.2. The first-order valence-electron chi connectivity index (χ1n) is 6.40. The number of carbonyl (C=O) groups excluding carboxylic acids is 1. The summed E-state index contributed by atoms with van der Waals surface area (Å²) in [5.41, 5.74) is -0.0281. The van der Waals surface area contributed by atoms with Gasteiger partial charge >= 0.3 is 6.09 Å². The highest BCUT2D eigenvalue weighted by Crippen LogP contribution is 2.13. The SMILES string of the molecule is CC(C)(C)OC(=O)NCC(=CF)Cc1ccc(F)c(F)c1. The zero-order valence-corrected chi connectivity index (χ0v) is 12.2. The fourth-order valence-electron chi connectivity index (χ4n) is 1.55. The predicted octanol–water partition coefficient (Wildman–Crippen LogP) is 3.89. The number of alkyl carbamates (subject to hydrolysis) is 1. The standard InChI is InChI=1S/C15H18F3NO2/c1-15(2,3)21-14(20)19-9-11(8-16)6-10-4-5-12(17)13(18)7-10/h4-5,7-8H,6,9H2,1-3H3,(H,19,20). The number of amides is 1. The average Bonchev–Trinajstić information content (AvgIpc) is 2.36.